The minimum Gasteiger partial charge on any atom is -0.486 e. The summed E-state index contributed by atoms with van der Waals surface area (Å²) in [6, 6.07) is 17.0. The van der Waals surface area contributed by atoms with Crippen molar-refractivity contribution >= 4 is 22.4 Å². The van der Waals surface area contributed by atoms with E-state index < -0.39 is 10.9 Å². The zero-order valence-electron chi connectivity index (χ0n) is 17.1. The Balaban J connectivity index is 2.13. The normalized spacial score (nSPS) is 11.0. The van der Waals surface area contributed by atoms with Crippen molar-refractivity contribution in [3.63, 3.8) is 0 Å². The van der Waals surface area contributed by atoms with Crippen LogP contribution < -0.4 is 4.74 Å². The summed E-state index contributed by atoms with van der Waals surface area (Å²) in [6.45, 7) is 4.50. The van der Waals surface area contributed by atoms with Crippen molar-refractivity contribution in [3.05, 3.63) is 70.3 Å². The van der Waals surface area contributed by atoms with E-state index in [1.807, 2.05) is 48.5 Å². The lowest BCUT2D eigenvalue weighted by molar-refractivity contribution is -0.385. The number of aliphatic carboxylic acids is 1. The highest BCUT2D eigenvalue weighted by Crippen LogP contribution is 2.40. The number of aryl methyl sites for hydroxylation is 1. The van der Waals surface area contributed by atoms with Crippen molar-refractivity contribution in [2.24, 2.45) is 5.92 Å². The fourth-order valence-corrected chi connectivity index (χ4v) is 3.32. The smallest absolute Gasteiger partial charge is 0.311 e. The molecule has 0 saturated heterocycles. The van der Waals surface area contributed by atoms with Gasteiger partial charge in [0.25, 0.3) is 0 Å². The van der Waals surface area contributed by atoms with Crippen molar-refractivity contribution in [3.8, 4) is 16.9 Å². The molecule has 156 valence electrons. The monoisotopic (exact) mass is 407 g/mol. The lowest BCUT2D eigenvalue weighted by atomic mass is 9.96. The lowest BCUT2D eigenvalue weighted by Crippen LogP contribution is -2.06. The first-order valence-electron chi connectivity index (χ1n) is 10.00. The molecule has 6 heteroatoms. The van der Waals surface area contributed by atoms with Gasteiger partial charge in [0, 0.05) is 18.1 Å². The van der Waals surface area contributed by atoms with E-state index in [0.717, 1.165) is 22.8 Å². The molecule has 3 aromatic carbocycles. The summed E-state index contributed by atoms with van der Waals surface area (Å²) in [5.74, 6) is -0.305. The first-order chi connectivity index (χ1) is 14.3. The number of hydrogen-bond acceptors (Lipinski definition) is 4. The highest BCUT2D eigenvalue weighted by Gasteiger charge is 2.23. The maximum Gasteiger partial charge on any atom is 0.311 e. The summed E-state index contributed by atoms with van der Waals surface area (Å²) in [5, 5.41) is 22.9. The highest BCUT2D eigenvalue weighted by molar-refractivity contribution is 5.89. The molecule has 0 amide bonds. The standard InChI is InChI=1S/C24H25NO5/c1-16(2)11-12-30-24-21(20-9-8-18-5-3-4-6-19(18)15-20)13-17(7-10-23(26)27)14-22(24)25(28)29/h3-6,8-9,13-16H,7,10-12H2,1-2H3,(H,26,27). The number of hydrogen-bond donors (Lipinski definition) is 1. The molecule has 0 spiro atoms. The SMILES string of the molecule is CC(C)CCOc1c(-c2ccc3ccccc3c2)cc(CCC(=O)O)cc1[N+](=O)[O-]. The van der Waals surface area contributed by atoms with E-state index in [-0.39, 0.29) is 24.3 Å². The second-order valence-corrected chi connectivity index (χ2v) is 7.74. The van der Waals surface area contributed by atoms with Gasteiger partial charge in [0.15, 0.2) is 0 Å². The van der Waals surface area contributed by atoms with Crippen LogP contribution in [0.25, 0.3) is 21.9 Å². The first-order valence-corrected chi connectivity index (χ1v) is 10.00. The van der Waals surface area contributed by atoms with Crippen LogP contribution in [-0.4, -0.2) is 22.6 Å². The lowest BCUT2D eigenvalue weighted by Gasteiger charge is -2.15. The van der Waals surface area contributed by atoms with Crippen LogP contribution in [-0.2, 0) is 11.2 Å². The number of carboxylic acid groups (broad SMARTS) is 1. The van der Waals surface area contributed by atoms with Crippen LogP contribution >= 0.6 is 0 Å². The molecule has 0 atom stereocenters. The molecule has 0 heterocycles. The molecule has 0 unspecified atom stereocenters. The number of rotatable bonds is 9. The third-order valence-electron chi connectivity index (χ3n) is 4.96. The second-order valence-electron chi connectivity index (χ2n) is 7.74. The zero-order chi connectivity index (χ0) is 21.7. The van der Waals surface area contributed by atoms with Gasteiger partial charge in [-0.15, -0.1) is 0 Å². The Morgan fingerprint density at radius 1 is 1.10 bits per heavy atom. The molecule has 30 heavy (non-hydrogen) atoms. The Hall–Kier alpha value is -3.41. The number of carboxylic acids is 1. The van der Waals surface area contributed by atoms with Crippen LogP contribution in [0.3, 0.4) is 0 Å². The summed E-state index contributed by atoms with van der Waals surface area (Å²) < 4.78 is 5.93. The molecule has 1 N–H and O–H groups in total. The molecular formula is C24H25NO5. The molecule has 0 saturated carbocycles. The van der Waals surface area contributed by atoms with Gasteiger partial charge in [-0.2, -0.15) is 0 Å². The summed E-state index contributed by atoms with van der Waals surface area (Å²) >= 11 is 0. The Morgan fingerprint density at radius 3 is 2.50 bits per heavy atom. The van der Waals surface area contributed by atoms with Gasteiger partial charge in [0.05, 0.1) is 11.5 Å². The van der Waals surface area contributed by atoms with Crippen molar-refractivity contribution in [1.82, 2.24) is 0 Å². The van der Waals surface area contributed by atoms with Gasteiger partial charge in [-0.1, -0.05) is 50.2 Å². The Bertz CT molecular complexity index is 1070. The van der Waals surface area contributed by atoms with E-state index in [1.165, 1.54) is 6.07 Å². The number of carbonyl (C=O) groups is 1. The van der Waals surface area contributed by atoms with Crippen molar-refractivity contribution < 1.29 is 19.6 Å². The van der Waals surface area contributed by atoms with Crippen LogP contribution in [0, 0.1) is 16.0 Å². The van der Waals surface area contributed by atoms with Gasteiger partial charge in [-0.05, 0) is 52.8 Å². The minimum atomic E-state index is -0.942. The van der Waals surface area contributed by atoms with E-state index in [0.29, 0.717) is 23.7 Å². The molecule has 0 radical (unpaired) electrons. The summed E-state index contributed by atoms with van der Waals surface area (Å²) in [6.07, 6.45) is 0.889. The van der Waals surface area contributed by atoms with Crippen molar-refractivity contribution in [1.29, 1.82) is 0 Å². The van der Waals surface area contributed by atoms with E-state index in [9.17, 15) is 14.9 Å². The average molecular weight is 407 g/mol. The molecule has 0 bridgehead atoms. The fraction of sp³-hybridized carbons (Fsp3) is 0.292. The van der Waals surface area contributed by atoms with Gasteiger partial charge < -0.3 is 9.84 Å². The third kappa shape index (κ3) is 5.14. The molecule has 0 fully saturated rings. The zero-order valence-corrected chi connectivity index (χ0v) is 17.1. The predicted octanol–water partition coefficient (Wildman–Crippen LogP) is 5.86. The summed E-state index contributed by atoms with van der Waals surface area (Å²) in [7, 11) is 0. The third-order valence-corrected chi connectivity index (χ3v) is 4.96. The summed E-state index contributed by atoms with van der Waals surface area (Å²) in [5.41, 5.74) is 1.88. The molecule has 0 aliphatic rings. The highest BCUT2D eigenvalue weighted by atomic mass is 16.6. The number of nitrogens with zero attached hydrogens (tertiary/aromatic N) is 1. The molecule has 3 rings (SSSR count). The minimum absolute atomic E-state index is 0.0954. The number of nitro groups is 1. The van der Waals surface area contributed by atoms with Crippen molar-refractivity contribution in [2.75, 3.05) is 6.61 Å². The second kappa shape index (κ2) is 9.39. The van der Waals surface area contributed by atoms with E-state index in [2.05, 4.69) is 13.8 Å². The van der Waals surface area contributed by atoms with Crippen LogP contribution in [0.15, 0.2) is 54.6 Å². The van der Waals surface area contributed by atoms with E-state index >= 15 is 0 Å². The fourth-order valence-electron chi connectivity index (χ4n) is 3.32. The topological polar surface area (TPSA) is 89.7 Å². The molecule has 0 aromatic heterocycles. The van der Waals surface area contributed by atoms with Gasteiger partial charge in [-0.3, -0.25) is 14.9 Å². The van der Waals surface area contributed by atoms with Gasteiger partial charge in [0.2, 0.25) is 5.75 Å². The average Bonchev–Trinajstić information content (AvgIpc) is 2.71. The molecule has 0 aliphatic carbocycles. The summed E-state index contributed by atoms with van der Waals surface area (Å²) in [4.78, 5) is 22.4. The maximum atomic E-state index is 11.8. The molecule has 3 aromatic rings. The Labute approximate surface area is 175 Å². The van der Waals surface area contributed by atoms with Gasteiger partial charge >= 0.3 is 11.7 Å². The van der Waals surface area contributed by atoms with Crippen LogP contribution in [0.2, 0.25) is 0 Å². The Morgan fingerprint density at radius 2 is 1.83 bits per heavy atom. The van der Waals surface area contributed by atoms with Crippen LogP contribution in [0.1, 0.15) is 32.3 Å². The predicted molar refractivity (Wildman–Crippen MR) is 117 cm³/mol. The van der Waals surface area contributed by atoms with E-state index in [1.54, 1.807) is 0 Å². The number of nitro benzene ring substituents is 1. The van der Waals surface area contributed by atoms with Crippen molar-refractivity contribution in [2.45, 2.75) is 33.1 Å². The number of benzene rings is 3. The van der Waals surface area contributed by atoms with Crippen LogP contribution in [0.5, 0.6) is 5.75 Å². The molecule has 0 aliphatic heterocycles. The van der Waals surface area contributed by atoms with Gasteiger partial charge in [0.1, 0.15) is 0 Å². The maximum absolute atomic E-state index is 11.8. The Kier molecular flexibility index (Phi) is 6.67. The largest absolute Gasteiger partial charge is 0.486 e. The first kappa shape index (κ1) is 21.3. The molecular weight excluding hydrogens is 382 g/mol. The van der Waals surface area contributed by atoms with Gasteiger partial charge in [-0.25, -0.2) is 0 Å². The number of fused-ring (bicyclic) bond motifs is 1. The number of ether oxygens (including phenoxy) is 1. The van der Waals surface area contributed by atoms with Crippen LogP contribution in [0.4, 0.5) is 5.69 Å². The quantitative estimate of drug-likeness (QED) is 0.354. The van der Waals surface area contributed by atoms with E-state index in [4.69, 9.17) is 9.84 Å². The molecule has 6 nitrogen and oxygen atoms in total.